The van der Waals surface area contributed by atoms with Crippen molar-refractivity contribution in [1.82, 2.24) is 4.90 Å². The number of hydrogen-bond donors (Lipinski definition) is 1. The van der Waals surface area contributed by atoms with Crippen LogP contribution < -0.4 is 10.1 Å². The van der Waals surface area contributed by atoms with Crippen LogP contribution in [0.2, 0.25) is 0 Å². The average molecular weight is 362 g/mol. The first kappa shape index (κ1) is 18.3. The Bertz CT molecular complexity index is 727. The van der Waals surface area contributed by atoms with Crippen LogP contribution in [-0.4, -0.2) is 37.4 Å². The third-order valence-electron chi connectivity index (χ3n) is 4.28. The average Bonchev–Trinajstić information content (AvgIpc) is 2.63. The highest BCUT2D eigenvalue weighted by Gasteiger charge is 2.30. The minimum atomic E-state index is -4.66. The second kappa shape index (κ2) is 8.27. The first-order valence-electron chi connectivity index (χ1n) is 8.56. The molecule has 2 aromatic rings. The number of hydrogen-bond acceptors (Lipinski definition) is 3. The molecule has 0 radical (unpaired) electrons. The molecule has 0 spiro atoms. The van der Waals surface area contributed by atoms with Gasteiger partial charge in [0.2, 0.25) is 0 Å². The van der Waals surface area contributed by atoms with Crippen LogP contribution in [0.1, 0.15) is 12.0 Å². The Morgan fingerprint density at radius 3 is 2.35 bits per heavy atom. The number of nitrogens with zero attached hydrogens (tertiary/aromatic N) is 1. The molecule has 0 bridgehead atoms. The van der Waals surface area contributed by atoms with Crippen molar-refractivity contribution in [2.24, 2.45) is 0 Å². The number of nitrogens with one attached hydrogen (secondary N) is 1. The quantitative estimate of drug-likeness (QED) is 0.800. The molecule has 138 valence electrons. The minimum Gasteiger partial charge on any atom is -0.406 e. The number of ether oxygens (including phenoxy) is 1. The minimum absolute atomic E-state index is 0.211. The monoisotopic (exact) mass is 362 g/mol. The summed E-state index contributed by atoms with van der Waals surface area (Å²) in [7, 11) is 0. The van der Waals surface area contributed by atoms with Crippen molar-refractivity contribution in [3.8, 4) is 5.75 Å². The highest BCUT2D eigenvalue weighted by molar-refractivity contribution is 5.66. The van der Waals surface area contributed by atoms with E-state index in [1.54, 1.807) is 12.1 Å². The Balaban J connectivity index is 1.42. The number of benzene rings is 2. The molecule has 0 amide bonds. The fraction of sp³-hybridized carbons (Fsp3) is 0.300. The molecular weight excluding hydrogens is 341 g/mol. The summed E-state index contributed by atoms with van der Waals surface area (Å²) in [6, 6.07) is 16.2. The molecule has 3 nitrogen and oxygen atoms in total. The van der Waals surface area contributed by atoms with Gasteiger partial charge < -0.3 is 10.1 Å². The van der Waals surface area contributed by atoms with Crippen molar-refractivity contribution in [2.75, 3.05) is 31.5 Å². The first-order valence-corrected chi connectivity index (χ1v) is 8.56. The molecule has 0 atom stereocenters. The van der Waals surface area contributed by atoms with Gasteiger partial charge in [0, 0.05) is 31.9 Å². The highest BCUT2D eigenvalue weighted by Crippen LogP contribution is 2.24. The molecular formula is C20H21F3N2O. The number of alkyl halides is 3. The Morgan fingerprint density at radius 2 is 1.73 bits per heavy atom. The molecule has 0 fully saturated rings. The molecule has 26 heavy (non-hydrogen) atoms. The number of halogens is 3. The van der Waals surface area contributed by atoms with Crippen molar-refractivity contribution in [1.29, 1.82) is 0 Å². The molecule has 0 aliphatic carbocycles. The summed E-state index contributed by atoms with van der Waals surface area (Å²) in [4.78, 5) is 2.35. The van der Waals surface area contributed by atoms with Gasteiger partial charge in [-0.05, 0) is 41.8 Å². The zero-order valence-corrected chi connectivity index (χ0v) is 14.3. The summed E-state index contributed by atoms with van der Waals surface area (Å²) < 4.78 is 40.3. The van der Waals surface area contributed by atoms with E-state index in [-0.39, 0.29) is 5.75 Å². The molecule has 0 unspecified atom stereocenters. The molecule has 2 aromatic carbocycles. The van der Waals surface area contributed by atoms with E-state index in [0.717, 1.165) is 38.3 Å². The van der Waals surface area contributed by atoms with E-state index in [2.05, 4.69) is 45.3 Å². The van der Waals surface area contributed by atoms with Crippen LogP contribution in [-0.2, 0) is 0 Å². The fourth-order valence-corrected chi connectivity index (χ4v) is 2.96. The Labute approximate surface area is 151 Å². The molecule has 0 aromatic heterocycles. The van der Waals surface area contributed by atoms with Crippen LogP contribution >= 0.6 is 0 Å². The second-order valence-corrected chi connectivity index (χ2v) is 6.14. The maximum Gasteiger partial charge on any atom is 0.573 e. The first-order chi connectivity index (χ1) is 12.5. The van der Waals surface area contributed by atoms with Gasteiger partial charge in [-0.1, -0.05) is 36.4 Å². The van der Waals surface area contributed by atoms with Crippen molar-refractivity contribution in [3.05, 3.63) is 66.2 Å². The maximum atomic E-state index is 12.1. The Hall–Kier alpha value is -2.47. The van der Waals surface area contributed by atoms with Gasteiger partial charge in [0.25, 0.3) is 0 Å². The lowest BCUT2D eigenvalue weighted by atomic mass is 10.00. The van der Waals surface area contributed by atoms with Gasteiger partial charge in [0.1, 0.15) is 5.75 Å². The third-order valence-corrected chi connectivity index (χ3v) is 4.28. The molecule has 1 aliphatic rings. The Morgan fingerprint density at radius 1 is 1.00 bits per heavy atom. The van der Waals surface area contributed by atoms with E-state index in [0.29, 0.717) is 0 Å². The van der Waals surface area contributed by atoms with E-state index in [1.807, 2.05) is 6.07 Å². The molecule has 6 heteroatoms. The van der Waals surface area contributed by atoms with Crippen molar-refractivity contribution in [3.63, 3.8) is 0 Å². The van der Waals surface area contributed by atoms with Gasteiger partial charge in [-0.15, -0.1) is 13.2 Å². The van der Waals surface area contributed by atoms with Gasteiger partial charge in [-0.2, -0.15) is 0 Å². The summed E-state index contributed by atoms with van der Waals surface area (Å²) in [6.45, 7) is 3.51. The third kappa shape index (κ3) is 5.52. The highest BCUT2D eigenvalue weighted by atomic mass is 19.4. The van der Waals surface area contributed by atoms with Gasteiger partial charge in [0.15, 0.2) is 0 Å². The van der Waals surface area contributed by atoms with Crippen LogP contribution in [0.25, 0.3) is 5.57 Å². The van der Waals surface area contributed by atoms with E-state index >= 15 is 0 Å². The SMILES string of the molecule is FC(F)(F)Oc1ccc(NCCN2CC=C(c3ccccc3)CC2)cc1. The zero-order valence-electron chi connectivity index (χ0n) is 14.3. The van der Waals surface area contributed by atoms with Crippen LogP contribution in [0.3, 0.4) is 0 Å². The predicted octanol–water partition coefficient (Wildman–Crippen LogP) is 4.79. The van der Waals surface area contributed by atoms with E-state index in [9.17, 15) is 13.2 Å². The number of anilines is 1. The van der Waals surface area contributed by atoms with Crippen LogP contribution in [0.4, 0.5) is 18.9 Å². The summed E-state index contributed by atoms with van der Waals surface area (Å²) in [6.07, 6.45) is -1.37. The maximum absolute atomic E-state index is 12.1. The second-order valence-electron chi connectivity index (χ2n) is 6.14. The molecule has 1 heterocycles. The summed E-state index contributed by atoms with van der Waals surface area (Å²) >= 11 is 0. The lowest BCUT2D eigenvalue weighted by molar-refractivity contribution is -0.274. The lowest BCUT2D eigenvalue weighted by Crippen LogP contribution is -2.32. The molecule has 0 saturated heterocycles. The molecule has 3 rings (SSSR count). The smallest absolute Gasteiger partial charge is 0.406 e. The van der Waals surface area contributed by atoms with E-state index < -0.39 is 6.36 Å². The van der Waals surface area contributed by atoms with Crippen molar-refractivity contribution >= 4 is 11.3 Å². The normalized spacial score (nSPS) is 15.4. The molecule has 1 N–H and O–H groups in total. The van der Waals surface area contributed by atoms with Gasteiger partial charge in [-0.3, -0.25) is 4.90 Å². The van der Waals surface area contributed by atoms with Crippen LogP contribution in [0.15, 0.2) is 60.7 Å². The van der Waals surface area contributed by atoms with Gasteiger partial charge in [0.05, 0.1) is 0 Å². The predicted molar refractivity (Wildman–Crippen MR) is 97.1 cm³/mol. The van der Waals surface area contributed by atoms with Crippen molar-refractivity contribution < 1.29 is 17.9 Å². The zero-order chi connectivity index (χ0) is 18.4. The summed E-state index contributed by atoms with van der Waals surface area (Å²) in [5.74, 6) is -0.211. The fourth-order valence-electron chi connectivity index (χ4n) is 2.96. The van der Waals surface area contributed by atoms with Gasteiger partial charge >= 0.3 is 6.36 Å². The summed E-state index contributed by atoms with van der Waals surface area (Å²) in [5, 5.41) is 3.23. The summed E-state index contributed by atoms with van der Waals surface area (Å²) in [5.41, 5.74) is 3.44. The standard InChI is InChI=1S/C20H21F3N2O/c21-20(22,23)26-19-8-6-18(7-9-19)24-12-15-25-13-10-17(11-14-25)16-4-2-1-3-5-16/h1-10,24H,11-15H2. The molecule has 0 saturated carbocycles. The lowest BCUT2D eigenvalue weighted by Gasteiger charge is -2.26. The van der Waals surface area contributed by atoms with Crippen molar-refractivity contribution in [2.45, 2.75) is 12.8 Å². The topological polar surface area (TPSA) is 24.5 Å². The van der Waals surface area contributed by atoms with Crippen LogP contribution in [0.5, 0.6) is 5.75 Å². The molecule has 1 aliphatic heterocycles. The van der Waals surface area contributed by atoms with Crippen LogP contribution in [0, 0.1) is 0 Å². The number of rotatable bonds is 6. The van der Waals surface area contributed by atoms with E-state index in [1.165, 1.54) is 23.3 Å². The van der Waals surface area contributed by atoms with E-state index in [4.69, 9.17) is 0 Å². The largest absolute Gasteiger partial charge is 0.573 e. The Kier molecular flexibility index (Phi) is 5.83. The van der Waals surface area contributed by atoms with Gasteiger partial charge in [-0.25, -0.2) is 0 Å².